The maximum absolute atomic E-state index is 5.22. The Labute approximate surface area is 180 Å². The number of unbranched alkanes of at least 4 members (excludes halogenated alkanes) is 2. The van der Waals surface area contributed by atoms with Gasteiger partial charge in [-0.2, -0.15) is 12.6 Å². The van der Waals surface area contributed by atoms with Crippen LogP contribution in [0.1, 0.15) is 103 Å². The molecule has 1 aromatic carbocycles. The van der Waals surface area contributed by atoms with E-state index in [1.165, 1.54) is 61.9 Å². The molecule has 3 unspecified atom stereocenters. The molecule has 1 aliphatic carbocycles. The maximum Gasteiger partial charge on any atom is 0.0669 e. The zero-order valence-electron chi connectivity index (χ0n) is 19.4. The van der Waals surface area contributed by atoms with Crippen LogP contribution in [0.25, 0.3) is 0 Å². The highest BCUT2D eigenvalue weighted by atomic mass is 32.1. The number of aryl methyl sites for hydroxylation is 1. The molecule has 1 aliphatic heterocycles. The molecule has 2 heteroatoms. The van der Waals surface area contributed by atoms with Gasteiger partial charge in [0.15, 0.2) is 0 Å². The van der Waals surface area contributed by atoms with Crippen LogP contribution in [0.4, 0.5) is 5.69 Å². The molecule has 1 aromatic rings. The van der Waals surface area contributed by atoms with Crippen molar-refractivity contribution < 1.29 is 0 Å². The Morgan fingerprint density at radius 2 is 1.82 bits per heavy atom. The normalized spacial score (nSPS) is 25.6. The number of aliphatic imine (C=N–C) groups is 1. The van der Waals surface area contributed by atoms with Crippen molar-refractivity contribution in [3.63, 3.8) is 0 Å². The van der Waals surface area contributed by atoms with E-state index in [2.05, 4.69) is 66.3 Å². The Morgan fingerprint density at radius 3 is 2.46 bits per heavy atom. The van der Waals surface area contributed by atoms with Crippen molar-refractivity contribution >= 4 is 24.0 Å². The quantitative estimate of drug-likeness (QED) is 0.386. The van der Waals surface area contributed by atoms with E-state index in [0.717, 1.165) is 17.6 Å². The molecule has 0 fully saturated rings. The van der Waals surface area contributed by atoms with Gasteiger partial charge < -0.3 is 0 Å². The van der Waals surface area contributed by atoms with Gasteiger partial charge in [-0.25, -0.2) is 0 Å². The molecule has 2 aliphatic rings. The smallest absolute Gasteiger partial charge is 0.0669 e. The first-order valence-electron chi connectivity index (χ1n) is 11.6. The first-order valence-corrected chi connectivity index (χ1v) is 12.2. The van der Waals surface area contributed by atoms with Gasteiger partial charge >= 0.3 is 0 Å². The molecular weight excluding hydrogens is 358 g/mol. The van der Waals surface area contributed by atoms with Gasteiger partial charge in [-0.3, -0.25) is 4.99 Å². The molecule has 28 heavy (non-hydrogen) atoms. The molecule has 0 amide bonds. The molecule has 3 rings (SSSR count). The second-order valence-electron chi connectivity index (χ2n) is 9.71. The van der Waals surface area contributed by atoms with E-state index >= 15 is 0 Å². The lowest BCUT2D eigenvalue weighted by molar-refractivity contribution is 0.281. The predicted octanol–water partition coefficient (Wildman–Crippen LogP) is 8.18. The van der Waals surface area contributed by atoms with Crippen LogP contribution in [0.15, 0.2) is 17.1 Å². The van der Waals surface area contributed by atoms with Gasteiger partial charge in [-0.05, 0) is 85.3 Å². The van der Waals surface area contributed by atoms with Crippen LogP contribution in [-0.2, 0) is 12.8 Å². The van der Waals surface area contributed by atoms with E-state index < -0.39 is 0 Å². The van der Waals surface area contributed by atoms with E-state index in [9.17, 15) is 0 Å². The minimum absolute atomic E-state index is 0.208. The lowest BCUT2D eigenvalue weighted by Gasteiger charge is -2.31. The molecule has 0 radical (unpaired) electrons. The Kier molecular flexibility index (Phi) is 8.67. The highest BCUT2D eigenvalue weighted by molar-refractivity contribution is 7.80. The van der Waals surface area contributed by atoms with E-state index in [1.807, 2.05) is 6.92 Å². The standard InChI is InChI=1S/C24H37N.C2H6S/c1-7-8-9-10-19-13-20-15-21-16(2)11-12-24(5,6)18(4)25-22(14-19)23(20)17(21)3;1-2-3/h13-14,16-17,21H,7-12,15H2,1-6H3;3H,2H2,1H3. The van der Waals surface area contributed by atoms with Gasteiger partial charge in [-0.15, -0.1) is 0 Å². The minimum atomic E-state index is 0.208. The lowest BCUT2D eigenvalue weighted by atomic mass is 9.75. The summed E-state index contributed by atoms with van der Waals surface area (Å²) in [5, 5.41) is 0. The molecule has 0 spiro atoms. The topological polar surface area (TPSA) is 12.4 Å². The van der Waals surface area contributed by atoms with Gasteiger partial charge in [0.1, 0.15) is 0 Å². The highest BCUT2D eigenvalue weighted by Gasteiger charge is 2.37. The van der Waals surface area contributed by atoms with Gasteiger partial charge in [0.2, 0.25) is 0 Å². The summed E-state index contributed by atoms with van der Waals surface area (Å²) in [6.07, 6.45) is 8.97. The number of fused-ring (bicyclic) bond motifs is 1. The number of hydrogen-bond acceptors (Lipinski definition) is 2. The van der Waals surface area contributed by atoms with Crippen LogP contribution in [-0.4, -0.2) is 11.5 Å². The van der Waals surface area contributed by atoms with Crippen molar-refractivity contribution in [1.29, 1.82) is 0 Å². The van der Waals surface area contributed by atoms with E-state index in [4.69, 9.17) is 4.99 Å². The molecule has 0 aromatic heterocycles. The van der Waals surface area contributed by atoms with Crippen molar-refractivity contribution in [2.24, 2.45) is 22.2 Å². The van der Waals surface area contributed by atoms with Gasteiger partial charge in [0.25, 0.3) is 0 Å². The molecule has 0 saturated heterocycles. The summed E-state index contributed by atoms with van der Waals surface area (Å²) in [5.74, 6) is 3.19. The van der Waals surface area contributed by atoms with E-state index in [-0.39, 0.29) is 5.41 Å². The summed E-state index contributed by atoms with van der Waals surface area (Å²) in [6.45, 7) is 16.2. The second-order valence-corrected chi connectivity index (χ2v) is 10.3. The number of rotatable bonds is 4. The molecule has 0 N–H and O–H groups in total. The van der Waals surface area contributed by atoms with Crippen LogP contribution < -0.4 is 0 Å². The zero-order chi connectivity index (χ0) is 20.9. The first kappa shape index (κ1) is 23.5. The fourth-order valence-corrected chi connectivity index (χ4v) is 4.93. The Bertz CT molecular complexity index is 673. The summed E-state index contributed by atoms with van der Waals surface area (Å²) in [5.41, 5.74) is 7.48. The Balaban J connectivity index is 0.000000878. The Morgan fingerprint density at radius 1 is 1.14 bits per heavy atom. The number of thiol groups is 1. The van der Waals surface area contributed by atoms with Crippen LogP contribution in [0.5, 0.6) is 0 Å². The molecule has 1 nitrogen and oxygen atoms in total. The van der Waals surface area contributed by atoms with Gasteiger partial charge in [0.05, 0.1) is 5.69 Å². The third-order valence-corrected chi connectivity index (χ3v) is 7.15. The highest BCUT2D eigenvalue weighted by Crippen LogP contribution is 2.49. The summed E-state index contributed by atoms with van der Waals surface area (Å²) in [6, 6.07) is 4.94. The third-order valence-electron chi connectivity index (χ3n) is 7.15. The molecule has 2 bridgehead atoms. The second kappa shape index (κ2) is 10.3. The molecule has 0 saturated carbocycles. The van der Waals surface area contributed by atoms with Crippen molar-refractivity contribution in [2.75, 3.05) is 5.75 Å². The van der Waals surface area contributed by atoms with Crippen LogP contribution in [0.2, 0.25) is 0 Å². The molecule has 3 atom stereocenters. The SMILES string of the molecule is CCCCCc1cc2c3c(c1)N=C(C)C(C)(C)CCC(C)C(C2)C3C.CCS. The van der Waals surface area contributed by atoms with Crippen LogP contribution in [0.3, 0.4) is 0 Å². The van der Waals surface area contributed by atoms with Crippen molar-refractivity contribution in [3.8, 4) is 0 Å². The van der Waals surface area contributed by atoms with E-state index in [1.54, 1.807) is 11.1 Å². The average Bonchev–Trinajstić information content (AvgIpc) is 2.97. The number of hydrogen-bond donors (Lipinski definition) is 1. The van der Waals surface area contributed by atoms with Gasteiger partial charge in [0, 0.05) is 11.1 Å². The minimum Gasteiger partial charge on any atom is -0.257 e. The monoisotopic (exact) mass is 401 g/mol. The number of benzene rings is 1. The van der Waals surface area contributed by atoms with Crippen molar-refractivity contribution in [2.45, 2.75) is 99.3 Å². The predicted molar refractivity (Wildman–Crippen MR) is 130 cm³/mol. The largest absolute Gasteiger partial charge is 0.257 e. The number of nitrogens with zero attached hydrogens (tertiary/aromatic N) is 1. The van der Waals surface area contributed by atoms with Crippen LogP contribution in [0, 0.1) is 17.3 Å². The summed E-state index contributed by atoms with van der Waals surface area (Å²) in [7, 11) is 0. The lowest BCUT2D eigenvalue weighted by Crippen LogP contribution is -2.25. The van der Waals surface area contributed by atoms with Crippen molar-refractivity contribution in [1.82, 2.24) is 0 Å². The fraction of sp³-hybridized carbons (Fsp3) is 0.731. The fourth-order valence-electron chi connectivity index (χ4n) is 4.93. The summed E-state index contributed by atoms with van der Waals surface area (Å²) in [4.78, 5) is 5.22. The Hall–Kier alpha value is -0.760. The molecular formula is C26H43NS. The maximum atomic E-state index is 5.22. The molecule has 158 valence electrons. The van der Waals surface area contributed by atoms with Gasteiger partial charge in [-0.1, -0.05) is 60.5 Å². The van der Waals surface area contributed by atoms with Crippen molar-refractivity contribution in [3.05, 3.63) is 28.8 Å². The first-order chi connectivity index (χ1) is 13.2. The third kappa shape index (κ3) is 5.43. The zero-order valence-corrected chi connectivity index (χ0v) is 20.3. The average molecular weight is 402 g/mol. The molecule has 1 heterocycles. The summed E-state index contributed by atoms with van der Waals surface area (Å²) < 4.78 is 0. The van der Waals surface area contributed by atoms with E-state index in [0.29, 0.717) is 5.92 Å². The van der Waals surface area contributed by atoms with Crippen LogP contribution >= 0.6 is 12.6 Å². The summed E-state index contributed by atoms with van der Waals surface area (Å²) >= 11 is 3.79.